The third kappa shape index (κ3) is 5.47. The fraction of sp³-hybridized carbons (Fsp3) is 0.182. The highest BCUT2D eigenvalue weighted by atomic mass is 127. The molecule has 3 rings (SSSR count). The summed E-state index contributed by atoms with van der Waals surface area (Å²) < 4.78 is 13.2. The molecule has 0 saturated carbocycles. The molecule has 2 amide bonds. The van der Waals surface area contributed by atoms with E-state index in [0.717, 1.165) is 26.5 Å². The van der Waals surface area contributed by atoms with Crippen LogP contribution in [0.3, 0.4) is 0 Å². The molecule has 0 atom stereocenters. The van der Waals surface area contributed by atoms with Crippen molar-refractivity contribution in [3.05, 3.63) is 73.1 Å². The van der Waals surface area contributed by atoms with Gasteiger partial charge in [-0.05, 0) is 98.7 Å². The third-order valence-corrected chi connectivity index (χ3v) is 6.32. The number of ether oxygens (including phenoxy) is 2. The molecule has 1 aliphatic heterocycles. The standard InChI is InChI=1S/C22H19BrINO4S/c1-3-9-29-20-17(23)10-15(11-18(20)28-4-2)12-19-21(26)25(22(27)30-19)13-14-5-7-16(24)8-6-14/h3,5-8,10-12H,1,4,9,13H2,2H3/b19-12-. The number of benzene rings is 2. The summed E-state index contributed by atoms with van der Waals surface area (Å²) in [6.07, 6.45) is 3.35. The molecule has 0 radical (unpaired) electrons. The number of amides is 2. The van der Waals surface area contributed by atoms with Gasteiger partial charge in [0.2, 0.25) is 0 Å². The van der Waals surface area contributed by atoms with Crippen LogP contribution in [-0.2, 0) is 11.3 Å². The number of hydrogen-bond acceptors (Lipinski definition) is 5. The number of nitrogens with zero attached hydrogens (tertiary/aromatic N) is 1. The van der Waals surface area contributed by atoms with Crippen molar-refractivity contribution < 1.29 is 19.1 Å². The Morgan fingerprint density at radius 1 is 1.20 bits per heavy atom. The molecule has 1 fully saturated rings. The Balaban J connectivity index is 1.85. The van der Waals surface area contributed by atoms with E-state index in [9.17, 15) is 9.59 Å². The van der Waals surface area contributed by atoms with Crippen LogP contribution < -0.4 is 9.47 Å². The summed E-state index contributed by atoms with van der Waals surface area (Å²) in [5.41, 5.74) is 1.64. The average Bonchev–Trinajstić information content (AvgIpc) is 2.96. The van der Waals surface area contributed by atoms with Crippen molar-refractivity contribution in [2.24, 2.45) is 0 Å². The second-order valence-corrected chi connectivity index (χ2v) is 9.35. The first-order chi connectivity index (χ1) is 14.4. The molecule has 156 valence electrons. The molecular weight excluding hydrogens is 581 g/mol. The Labute approximate surface area is 201 Å². The van der Waals surface area contributed by atoms with Gasteiger partial charge in [-0.3, -0.25) is 14.5 Å². The van der Waals surface area contributed by atoms with Crippen LogP contribution in [0.2, 0.25) is 0 Å². The first kappa shape index (κ1) is 22.9. The summed E-state index contributed by atoms with van der Waals surface area (Å²) in [7, 11) is 0. The molecule has 5 nitrogen and oxygen atoms in total. The highest BCUT2D eigenvalue weighted by molar-refractivity contribution is 14.1. The third-order valence-electron chi connectivity index (χ3n) is 4.10. The molecule has 0 spiro atoms. The Kier molecular flexibility index (Phi) is 8.01. The molecule has 2 aromatic rings. The molecule has 1 saturated heterocycles. The number of hydrogen-bond donors (Lipinski definition) is 0. The van der Waals surface area contributed by atoms with Gasteiger partial charge in [0.25, 0.3) is 11.1 Å². The van der Waals surface area contributed by atoms with Gasteiger partial charge in [-0.2, -0.15) is 0 Å². The number of carbonyl (C=O) groups is 2. The predicted molar refractivity (Wildman–Crippen MR) is 132 cm³/mol. The molecule has 0 aromatic heterocycles. The van der Waals surface area contributed by atoms with Crippen molar-refractivity contribution in [2.45, 2.75) is 13.5 Å². The fourth-order valence-corrected chi connectivity index (χ4v) is 4.55. The minimum atomic E-state index is -0.301. The van der Waals surface area contributed by atoms with E-state index in [1.54, 1.807) is 18.2 Å². The van der Waals surface area contributed by atoms with Gasteiger partial charge in [0.15, 0.2) is 11.5 Å². The van der Waals surface area contributed by atoms with E-state index in [2.05, 4.69) is 45.1 Å². The fourth-order valence-electron chi connectivity index (χ4n) is 2.78. The number of thioether (sulfide) groups is 1. The normalized spacial score (nSPS) is 15.0. The van der Waals surface area contributed by atoms with E-state index >= 15 is 0 Å². The Hall–Kier alpha value is -1.78. The maximum atomic E-state index is 12.8. The summed E-state index contributed by atoms with van der Waals surface area (Å²) >= 11 is 6.65. The van der Waals surface area contributed by atoms with Crippen molar-refractivity contribution in [1.82, 2.24) is 4.90 Å². The zero-order valence-corrected chi connectivity index (χ0v) is 20.8. The van der Waals surface area contributed by atoms with E-state index in [1.165, 1.54) is 4.90 Å². The van der Waals surface area contributed by atoms with Crippen LogP contribution >= 0.6 is 50.3 Å². The van der Waals surface area contributed by atoms with Crippen LogP contribution in [0, 0.1) is 3.57 Å². The first-order valence-corrected chi connectivity index (χ1v) is 11.8. The summed E-state index contributed by atoms with van der Waals surface area (Å²) in [5.74, 6) is 0.823. The Morgan fingerprint density at radius 3 is 2.60 bits per heavy atom. The monoisotopic (exact) mass is 599 g/mol. The van der Waals surface area contributed by atoms with E-state index in [0.29, 0.717) is 34.1 Å². The van der Waals surface area contributed by atoms with E-state index in [-0.39, 0.29) is 17.7 Å². The summed E-state index contributed by atoms with van der Waals surface area (Å²) in [6.45, 7) is 6.60. The number of halogens is 2. The van der Waals surface area contributed by atoms with Gasteiger partial charge in [0.05, 0.1) is 22.5 Å². The topological polar surface area (TPSA) is 55.8 Å². The van der Waals surface area contributed by atoms with Crippen LogP contribution in [0.1, 0.15) is 18.1 Å². The van der Waals surface area contributed by atoms with Crippen LogP contribution in [0.25, 0.3) is 6.08 Å². The zero-order valence-electron chi connectivity index (χ0n) is 16.2. The van der Waals surface area contributed by atoms with Crippen molar-refractivity contribution in [1.29, 1.82) is 0 Å². The Morgan fingerprint density at radius 2 is 1.93 bits per heavy atom. The summed E-state index contributed by atoms with van der Waals surface area (Å²) in [5, 5.41) is -0.278. The SMILES string of the molecule is C=CCOc1c(Br)cc(/C=C2\SC(=O)N(Cc3ccc(I)cc3)C2=O)cc1OCC. The number of carbonyl (C=O) groups excluding carboxylic acids is 2. The van der Waals surface area contributed by atoms with E-state index < -0.39 is 0 Å². The molecular formula is C22H19BrINO4S. The average molecular weight is 600 g/mol. The molecule has 0 unspecified atom stereocenters. The minimum absolute atomic E-state index is 0.251. The molecule has 0 aliphatic carbocycles. The lowest BCUT2D eigenvalue weighted by atomic mass is 10.1. The van der Waals surface area contributed by atoms with Gasteiger partial charge >= 0.3 is 0 Å². The minimum Gasteiger partial charge on any atom is -0.490 e. The van der Waals surface area contributed by atoms with Crippen LogP contribution in [0.15, 0.2) is 58.4 Å². The first-order valence-electron chi connectivity index (χ1n) is 9.12. The lowest BCUT2D eigenvalue weighted by Crippen LogP contribution is -2.27. The largest absolute Gasteiger partial charge is 0.490 e. The Bertz CT molecular complexity index is 1010. The smallest absolute Gasteiger partial charge is 0.293 e. The van der Waals surface area contributed by atoms with Crippen LogP contribution in [0.4, 0.5) is 4.79 Å². The predicted octanol–water partition coefficient (Wildman–Crippen LogP) is 6.25. The van der Waals surface area contributed by atoms with Crippen molar-refractivity contribution in [2.75, 3.05) is 13.2 Å². The molecule has 1 aliphatic rings. The molecule has 0 bridgehead atoms. The maximum Gasteiger partial charge on any atom is 0.293 e. The van der Waals surface area contributed by atoms with Gasteiger partial charge in [-0.15, -0.1) is 0 Å². The van der Waals surface area contributed by atoms with Gasteiger partial charge in [0, 0.05) is 3.57 Å². The lowest BCUT2D eigenvalue weighted by molar-refractivity contribution is -0.123. The summed E-state index contributed by atoms with van der Waals surface area (Å²) in [4.78, 5) is 26.9. The van der Waals surface area contributed by atoms with E-state index in [1.807, 2.05) is 37.3 Å². The molecule has 2 aromatic carbocycles. The molecule has 8 heteroatoms. The van der Waals surface area contributed by atoms with Crippen LogP contribution in [0.5, 0.6) is 11.5 Å². The van der Waals surface area contributed by atoms with Crippen LogP contribution in [-0.4, -0.2) is 29.3 Å². The van der Waals surface area contributed by atoms with Crippen molar-refractivity contribution in [3.63, 3.8) is 0 Å². The quantitative estimate of drug-likeness (QED) is 0.204. The lowest BCUT2D eigenvalue weighted by Gasteiger charge is -2.14. The number of imide groups is 1. The highest BCUT2D eigenvalue weighted by Crippen LogP contribution is 2.39. The van der Waals surface area contributed by atoms with Gasteiger partial charge in [-0.25, -0.2) is 0 Å². The molecule has 1 heterocycles. The van der Waals surface area contributed by atoms with Gasteiger partial charge in [-0.1, -0.05) is 24.8 Å². The van der Waals surface area contributed by atoms with Crippen molar-refractivity contribution in [3.8, 4) is 11.5 Å². The molecule has 0 N–H and O–H groups in total. The van der Waals surface area contributed by atoms with Crippen molar-refractivity contribution >= 4 is 67.5 Å². The zero-order chi connectivity index (χ0) is 21.7. The maximum absolute atomic E-state index is 12.8. The van der Waals surface area contributed by atoms with E-state index in [4.69, 9.17) is 9.47 Å². The van der Waals surface area contributed by atoms with Gasteiger partial charge < -0.3 is 9.47 Å². The number of rotatable bonds is 8. The molecule has 30 heavy (non-hydrogen) atoms. The summed E-state index contributed by atoms with van der Waals surface area (Å²) in [6, 6.07) is 11.4. The van der Waals surface area contributed by atoms with Gasteiger partial charge in [0.1, 0.15) is 6.61 Å². The second-order valence-electron chi connectivity index (χ2n) is 6.26. The second kappa shape index (κ2) is 10.5. The highest BCUT2D eigenvalue weighted by Gasteiger charge is 2.35.